The van der Waals surface area contributed by atoms with Crippen molar-refractivity contribution in [3.63, 3.8) is 0 Å². The van der Waals surface area contributed by atoms with Gasteiger partial charge in [0.05, 0.1) is 0 Å². The highest BCUT2D eigenvalue weighted by atomic mass is 16.6. The molecule has 0 N–H and O–H groups in total. The number of ether oxygens (including phenoxy) is 3. The van der Waals surface area contributed by atoms with Crippen LogP contribution in [0.1, 0.15) is 265 Å². The van der Waals surface area contributed by atoms with Gasteiger partial charge in [-0.25, -0.2) is 0 Å². The molecule has 0 aromatic rings. The SMILES string of the molecule is CCC\C=C/C=C\C=C/C=C\C=C/CCCCCCCC(=O)OCC(COC(=O)CCCCCCCCCCCCCCCCC)OC(=O)CCCCC/C=C\C=C/CCCCCCCCC. The van der Waals surface area contributed by atoms with Gasteiger partial charge < -0.3 is 14.2 Å². The third-order valence-electron chi connectivity index (χ3n) is 12.0. The Morgan fingerprint density at radius 3 is 0.925 bits per heavy atom. The average molecular weight is 933 g/mol. The fraction of sp³-hybridized carbons (Fsp3) is 0.721. The maximum absolute atomic E-state index is 12.8. The summed E-state index contributed by atoms with van der Waals surface area (Å²) in [5.41, 5.74) is 0. The minimum Gasteiger partial charge on any atom is -0.462 e. The summed E-state index contributed by atoms with van der Waals surface area (Å²) in [5, 5.41) is 0. The third kappa shape index (κ3) is 53.4. The summed E-state index contributed by atoms with van der Waals surface area (Å²) in [6.07, 6.45) is 71.3. The Balaban J connectivity index is 4.48. The molecule has 0 aliphatic heterocycles. The van der Waals surface area contributed by atoms with Gasteiger partial charge in [-0.1, -0.05) is 266 Å². The summed E-state index contributed by atoms with van der Waals surface area (Å²) < 4.78 is 16.8. The fourth-order valence-electron chi connectivity index (χ4n) is 7.76. The highest BCUT2D eigenvalue weighted by Gasteiger charge is 2.19. The van der Waals surface area contributed by atoms with E-state index >= 15 is 0 Å². The Morgan fingerprint density at radius 1 is 0.299 bits per heavy atom. The van der Waals surface area contributed by atoms with Crippen LogP contribution in [0.25, 0.3) is 0 Å². The van der Waals surface area contributed by atoms with Crippen LogP contribution in [-0.2, 0) is 28.6 Å². The van der Waals surface area contributed by atoms with Gasteiger partial charge in [0.1, 0.15) is 13.2 Å². The summed E-state index contributed by atoms with van der Waals surface area (Å²) in [4.78, 5) is 38.1. The topological polar surface area (TPSA) is 78.9 Å². The Morgan fingerprint density at radius 2 is 0.567 bits per heavy atom. The number of rotatable bonds is 50. The molecule has 6 nitrogen and oxygen atoms in total. The van der Waals surface area contributed by atoms with Gasteiger partial charge in [0.25, 0.3) is 0 Å². The molecule has 0 aliphatic carbocycles. The van der Waals surface area contributed by atoms with Gasteiger partial charge >= 0.3 is 17.9 Å². The summed E-state index contributed by atoms with van der Waals surface area (Å²) in [6.45, 7) is 6.52. The molecule has 1 unspecified atom stereocenters. The molecule has 0 rings (SSSR count). The molecule has 1 atom stereocenters. The number of hydrogen-bond acceptors (Lipinski definition) is 6. The van der Waals surface area contributed by atoms with Crippen LogP contribution in [0.15, 0.2) is 85.1 Å². The van der Waals surface area contributed by atoms with Crippen molar-refractivity contribution in [2.75, 3.05) is 13.2 Å². The maximum Gasteiger partial charge on any atom is 0.306 e. The van der Waals surface area contributed by atoms with Crippen molar-refractivity contribution in [1.82, 2.24) is 0 Å². The predicted molar refractivity (Wildman–Crippen MR) is 288 cm³/mol. The number of carbonyl (C=O) groups excluding carboxylic acids is 3. The molecular weight excluding hydrogens is 829 g/mol. The van der Waals surface area contributed by atoms with Crippen molar-refractivity contribution in [2.45, 2.75) is 271 Å². The first-order chi connectivity index (χ1) is 33.0. The molecule has 0 amide bonds. The van der Waals surface area contributed by atoms with Crippen molar-refractivity contribution in [3.05, 3.63) is 85.1 Å². The number of carbonyl (C=O) groups is 3. The van der Waals surface area contributed by atoms with Gasteiger partial charge in [-0.2, -0.15) is 0 Å². The lowest BCUT2D eigenvalue weighted by Gasteiger charge is -2.18. The van der Waals surface area contributed by atoms with Crippen molar-refractivity contribution in [2.24, 2.45) is 0 Å². The van der Waals surface area contributed by atoms with Gasteiger partial charge in [-0.3, -0.25) is 14.4 Å². The van der Waals surface area contributed by atoms with E-state index in [-0.39, 0.29) is 31.1 Å². The first-order valence-corrected chi connectivity index (χ1v) is 28.2. The van der Waals surface area contributed by atoms with Crippen molar-refractivity contribution < 1.29 is 28.6 Å². The van der Waals surface area contributed by atoms with E-state index in [1.807, 2.05) is 24.3 Å². The van der Waals surface area contributed by atoms with Crippen LogP contribution < -0.4 is 0 Å². The lowest BCUT2D eigenvalue weighted by molar-refractivity contribution is -0.167. The fourth-order valence-corrected chi connectivity index (χ4v) is 7.76. The Bertz CT molecular complexity index is 1300. The number of hydrogen-bond donors (Lipinski definition) is 0. The molecule has 0 radical (unpaired) electrons. The van der Waals surface area contributed by atoms with E-state index < -0.39 is 6.10 Å². The van der Waals surface area contributed by atoms with Crippen LogP contribution in [0, 0.1) is 0 Å². The molecule has 0 aromatic heterocycles. The standard InChI is InChI=1S/C61H104O6/c1-4-7-10-13-16-19-22-25-28-30-31-34-36-39-42-45-48-51-54-60(63)66-57-58(56-65-59(62)53-50-47-44-41-38-35-32-27-24-21-18-15-12-9-6-3)67-61(64)55-52-49-46-43-40-37-33-29-26-23-20-17-14-11-8-5-2/h10,13,16,19,22,25,28-31,33-34,37,40,58H,4-9,11-12,14-15,17-18,20-21,23-24,26-27,32,35-36,38-39,41-57H2,1-3H3/b13-10-,19-16-,25-22-,30-28-,33-29-,34-31-,40-37-. The van der Waals surface area contributed by atoms with Crippen LogP contribution in [0.2, 0.25) is 0 Å². The maximum atomic E-state index is 12.8. The lowest BCUT2D eigenvalue weighted by atomic mass is 10.0. The second-order valence-electron chi connectivity index (χ2n) is 18.6. The monoisotopic (exact) mass is 933 g/mol. The van der Waals surface area contributed by atoms with Crippen LogP contribution >= 0.6 is 0 Å². The molecule has 384 valence electrons. The molecule has 0 spiro atoms. The van der Waals surface area contributed by atoms with Gasteiger partial charge in [-0.15, -0.1) is 0 Å². The zero-order valence-corrected chi connectivity index (χ0v) is 43.9. The van der Waals surface area contributed by atoms with E-state index in [0.29, 0.717) is 19.3 Å². The molecule has 0 bridgehead atoms. The molecule has 67 heavy (non-hydrogen) atoms. The van der Waals surface area contributed by atoms with Crippen molar-refractivity contribution >= 4 is 17.9 Å². The Hall–Kier alpha value is -3.41. The quantitative estimate of drug-likeness (QED) is 0.0262. The molecule has 0 saturated heterocycles. The second kappa shape index (κ2) is 55.2. The Labute approximate surface area is 414 Å². The normalized spacial score (nSPS) is 12.7. The smallest absolute Gasteiger partial charge is 0.306 e. The van der Waals surface area contributed by atoms with Gasteiger partial charge in [0.2, 0.25) is 0 Å². The molecule has 0 saturated carbocycles. The van der Waals surface area contributed by atoms with Crippen molar-refractivity contribution in [3.8, 4) is 0 Å². The highest BCUT2D eigenvalue weighted by molar-refractivity contribution is 5.71. The highest BCUT2D eigenvalue weighted by Crippen LogP contribution is 2.15. The molecule has 0 aromatic carbocycles. The van der Waals surface area contributed by atoms with Crippen molar-refractivity contribution in [1.29, 1.82) is 0 Å². The van der Waals surface area contributed by atoms with E-state index in [1.54, 1.807) is 0 Å². The van der Waals surface area contributed by atoms with E-state index in [1.165, 1.54) is 128 Å². The number of esters is 3. The molecular formula is C61H104O6. The third-order valence-corrected chi connectivity index (χ3v) is 12.0. The Kier molecular flexibility index (Phi) is 52.4. The van der Waals surface area contributed by atoms with Gasteiger partial charge in [-0.05, 0) is 64.2 Å². The zero-order valence-electron chi connectivity index (χ0n) is 43.9. The van der Waals surface area contributed by atoms with E-state index in [0.717, 1.165) is 96.3 Å². The zero-order chi connectivity index (χ0) is 48.6. The average Bonchev–Trinajstić information content (AvgIpc) is 3.33. The van der Waals surface area contributed by atoms with Crippen LogP contribution in [0.4, 0.5) is 0 Å². The number of allylic oxidation sites excluding steroid dienone is 14. The minimum atomic E-state index is -0.800. The second-order valence-corrected chi connectivity index (χ2v) is 18.6. The van der Waals surface area contributed by atoms with E-state index in [2.05, 4.69) is 81.5 Å². The summed E-state index contributed by atoms with van der Waals surface area (Å²) >= 11 is 0. The molecule has 0 fully saturated rings. The van der Waals surface area contributed by atoms with E-state index in [4.69, 9.17) is 14.2 Å². The first kappa shape index (κ1) is 63.6. The summed E-state index contributed by atoms with van der Waals surface area (Å²) in [7, 11) is 0. The van der Waals surface area contributed by atoms with E-state index in [9.17, 15) is 14.4 Å². The molecule has 0 aliphatic rings. The van der Waals surface area contributed by atoms with Gasteiger partial charge in [0.15, 0.2) is 6.10 Å². The lowest BCUT2D eigenvalue weighted by Crippen LogP contribution is -2.30. The molecule has 6 heteroatoms. The van der Waals surface area contributed by atoms with Crippen LogP contribution in [0.3, 0.4) is 0 Å². The minimum absolute atomic E-state index is 0.0941. The molecule has 0 heterocycles. The predicted octanol–water partition coefficient (Wildman–Crippen LogP) is 18.8. The summed E-state index contributed by atoms with van der Waals surface area (Å²) in [6, 6.07) is 0. The first-order valence-electron chi connectivity index (χ1n) is 28.2. The van der Waals surface area contributed by atoms with Crippen LogP contribution in [-0.4, -0.2) is 37.2 Å². The largest absolute Gasteiger partial charge is 0.462 e. The van der Waals surface area contributed by atoms with Crippen LogP contribution in [0.5, 0.6) is 0 Å². The number of unbranched alkanes of at least 4 members (excludes halogenated alkanes) is 30. The van der Waals surface area contributed by atoms with Gasteiger partial charge in [0, 0.05) is 19.3 Å². The summed E-state index contributed by atoms with van der Waals surface area (Å²) in [5.74, 6) is -0.940.